The molecule has 0 radical (unpaired) electrons. The van der Waals surface area contributed by atoms with E-state index in [1.807, 2.05) is 0 Å². The molecule has 3 rings (SSSR count). The number of nitrogens with one attached hydrogen (secondary N) is 2. The van der Waals surface area contributed by atoms with E-state index in [9.17, 15) is 9.18 Å². The number of carbonyl (C=O) groups is 1. The first-order valence-electron chi connectivity index (χ1n) is 7.37. The lowest BCUT2D eigenvalue weighted by atomic mass is 10.00. The summed E-state index contributed by atoms with van der Waals surface area (Å²) < 4.78 is 14.3. The molecule has 0 saturated heterocycles. The molecule has 1 aliphatic rings. The number of benzene rings is 2. The molecule has 1 heterocycles. The summed E-state index contributed by atoms with van der Waals surface area (Å²) in [7, 11) is 1.55. The first-order valence-corrected chi connectivity index (χ1v) is 7.75. The molecule has 2 aromatic carbocycles. The van der Waals surface area contributed by atoms with Crippen LogP contribution in [0.5, 0.6) is 0 Å². The molecule has 1 aliphatic heterocycles. The lowest BCUT2D eigenvalue weighted by Gasteiger charge is -2.12. The Morgan fingerprint density at radius 3 is 2.83 bits per heavy atom. The van der Waals surface area contributed by atoms with Gasteiger partial charge in [-0.1, -0.05) is 23.7 Å². The largest absolute Gasteiger partial charge is 0.357 e. The smallest absolute Gasteiger partial charge is 0.245 e. The highest BCUT2D eigenvalue weighted by atomic mass is 35.5. The highest BCUT2D eigenvalue weighted by molar-refractivity contribution is 6.31. The molecule has 24 heavy (non-hydrogen) atoms. The lowest BCUT2D eigenvalue weighted by molar-refractivity contribution is -0.116. The van der Waals surface area contributed by atoms with Gasteiger partial charge in [0.05, 0.1) is 12.3 Å². The van der Waals surface area contributed by atoms with Crippen LogP contribution in [-0.4, -0.2) is 25.2 Å². The van der Waals surface area contributed by atoms with Crippen molar-refractivity contribution in [1.29, 1.82) is 0 Å². The zero-order chi connectivity index (χ0) is 17.1. The summed E-state index contributed by atoms with van der Waals surface area (Å²) in [5.74, 6) is -0.599. The average molecular weight is 344 g/mol. The van der Waals surface area contributed by atoms with Crippen molar-refractivity contribution in [3.8, 4) is 0 Å². The summed E-state index contributed by atoms with van der Waals surface area (Å²) >= 11 is 6.11. The van der Waals surface area contributed by atoms with E-state index in [-0.39, 0.29) is 18.3 Å². The third-order valence-electron chi connectivity index (χ3n) is 3.62. The van der Waals surface area contributed by atoms with Crippen molar-refractivity contribution in [1.82, 2.24) is 5.32 Å². The zero-order valence-corrected chi connectivity index (χ0v) is 13.7. The molecule has 0 bridgehead atoms. The van der Waals surface area contributed by atoms with E-state index < -0.39 is 0 Å². The van der Waals surface area contributed by atoms with Gasteiger partial charge in [-0.2, -0.15) is 0 Å². The standard InChI is InChI=1S/C18H15ClFN3O/c1-21-17(24)9-12-10-22-18(13-4-2-3-5-15(13)20)14-8-11(19)6-7-16(14)23-12/h2-9,23H,10H2,1H3,(H,21,24)/b12-9-. The summed E-state index contributed by atoms with van der Waals surface area (Å²) in [4.78, 5) is 16.1. The fourth-order valence-corrected chi connectivity index (χ4v) is 2.65. The molecule has 0 saturated carbocycles. The van der Waals surface area contributed by atoms with Crippen LogP contribution in [-0.2, 0) is 4.79 Å². The van der Waals surface area contributed by atoms with Crippen LogP contribution in [0.15, 0.2) is 59.2 Å². The predicted molar refractivity (Wildman–Crippen MR) is 94.1 cm³/mol. The maximum Gasteiger partial charge on any atom is 0.245 e. The SMILES string of the molecule is CNC(=O)/C=C1/CN=C(c2ccccc2F)c2cc(Cl)ccc2N1. The van der Waals surface area contributed by atoms with E-state index in [1.165, 1.54) is 12.1 Å². The third-order valence-corrected chi connectivity index (χ3v) is 3.86. The van der Waals surface area contributed by atoms with Crippen LogP contribution >= 0.6 is 11.6 Å². The molecular formula is C18H15ClFN3O. The van der Waals surface area contributed by atoms with Gasteiger partial charge in [-0.15, -0.1) is 0 Å². The first-order chi connectivity index (χ1) is 11.6. The number of likely N-dealkylation sites (N-methyl/N-ethyl adjacent to an activating group) is 1. The van der Waals surface area contributed by atoms with Crippen LogP contribution < -0.4 is 10.6 Å². The fourth-order valence-electron chi connectivity index (χ4n) is 2.48. The van der Waals surface area contributed by atoms with Crippen LogP contribution in [0.3, 0.4) is 0 Å². The number of nitrogens with zero attached hydrogens (tertiary/aromatic N) is 1. The minimum Gasteiger partial charge on any atom is -0.357 e. The van der Waals surface area contributed by atoms with Gasteiger partial charge < -0.3 is 10.6 Å². The quantitative estimate of drug-likeness (QED) is 0.821. The normalized spacial score (nSPS) is 15.1. The summed E-state index contributed by atoms with van der Waals surface area (Å²) in [5.41, 5.74) is 2.91. The number of aliphatic imine (C=N–C) groups is 1. The van der Waals surface area contributed by atoms with Crippen molar-refractivity contribution in [3.05, 3.63) is 76.2 Å². The van der Waals surface area contributed by atoms with Gasteiger partial charge in [-0.25, -0.2) is 4.39 Å². The number of hydrogen-bond acceptors (Lipinski definition) is 3. The van der Waals surface area contributed by atoms with E-state index in [0.29, 0.717) is 33.2 Å². The van der Waals surface area contributed by atoms with Crippen molar-refractivity contribution in [3.63, 3.8) is 0 Å². The Bertz CT molecular complexity index is 861. The molecule has 0 unspecified atom stereocenters. The first kappa shape index (κ1) is 16.2. The van der Waals surface area contributed by atoms with Crippen molar-refractivity contribution in [2.24, 2.45) is 4.99 Å². The highest BCUT2D eigenvalue weighted by Gasteiger charge is 2.19. The summed E-state index contributed by atoms with van der Waals surface area (Å²) in [6, 6.07) is 11.7. The van der Waals surface area contributed by atoms with Crippen molar-refractivity contribution < 1.29 is 9.18 Å². The van der Waals surface area contributed by atoms with Crippen LogP contribution in [0.1, 0.15) is 11.1 Å². The maximum atomic E-state index is 14.3. The average Bonchev–Trinajstić information content (AvgIpc) is 2.74. The topological polar surface area (TPSA) is 53.5 Å². The van der Waals surface area contributed by atoms with Gasteiger partial charge in [0.2, 0.25) is 5.91 Å². The Morgan fingerprint density at radius 2 is 2.08 bits per heavy atom. The van der Waals surface area contributed by atoms with E-state index in [0.717, 1.165) is 0 Å². The number of amides is 1. The molecule has 122 valence electrons. The van der Waals surface area contributed by atoms with E-state index in [1.54, 1.807) is 43.4 Å². The van der Waals surface area contributed by atoms with Gasteiger partial charge >= 0.3 is 0 Å². The number of fused-ring (bicyclic) bond motifs is 1. The molecule has 0 spiro atoms. The van der Waals surface area contributed by atoms with Crippen molar-refractivity contribution >= 4 is 28.9 Å². The Labute approximate surface area is 144 Å². The molecule has 6 heteroatoms. The molecule has 0 atom stereocenters. The van der Waals surface area contributed by atoms with E-state index in [4.69, 9.17) is 11.6 Å². The molecule has 0 aromatic heterocycles. The van der Waals surface area contributed by atoms with Gasteiger partial charge in [0.1, 0.15) is 5.82 Å². The fraction of sp³-hybridized carbons (Fsp3) is 0.111. The number of benzodiazepines with no additional fused rings is 1. The predicted octanol–water partition coefficient (Wildman–Crippen LogP) is 3.37. The molecule has 0 aliphatic carbocycles. The lowest BCUT2D eigenvalue weighted by Crippen LogP contribution is -2.17. The monoisotopic (exact) mass is 343 g/mol. The number of hydrogen-bond donors (Lipinski definition) is 2. The van der Waals surface area contributed by atoms with Gasteiger partial charge in [0.15, 0.2) is 0 Å². The van der Waals surface area contributed by atoms with Crippen molar-refractivity contribution in [2.45, 2.75) is 0 Å². The third kappa shape index (κ3) is 3.31. The Morgan fingerprint density at radius 1 is 1.29 bits per heavy atom. The highest BCUT2D eigenvalue weighted by Crippen LogP contribution is 2.28. The molecule has 4 nitrogen and oxygen atoms in total. The van der Waals surface area contributed by atoms with Gasteiger partial charge in [0.25, 0.3) is 0 Å². The molecule has 2 aromatic rings. The minimum absolute atomic E-state index is 0.226. The number of halogens is 2. The van der Waals surface area contributed by atoms with Crippen LogP contribution in [0.4, 0.5) is 10.1 Å². The van der Waals surface area contributed by atoms with Crippen LogP contribution in [0, 0.1) is 5.82 Å². The van der Waals surface area contributed by atoms with E-state index in [2.05, 4.69) is 15.6 Å². The Balaban J connectivity index is 2.15. The summed E-state index contributed by atoms with van der Waals surface area (Å²) in [6.45, 7) is 0.226. The second-order valence-electron chi connectivity index (χ2n) is 5.24. The maximum absolute atomic E-state index is 14.3. The van der Waals surface area contributed by atoms with Gasteiger partial charge in [-0.05, 0) is 30.3 Å². The van der Waals surface area contributed by atoms with Crippen LogP contribution in [0.2, 0.25) is 5.02 Å². The minimum atomic E-state index is -0.360. The summed E-state index contributed by atoms with van der Waals surface area (Å²) in [5, 5.41) is 6.23. The number of carbonyl (C=O) groups excluding carboxylic acids is 1. The van der Waals surface area contributed by atoms with Crippen LogP contribution in [0.25, 0.3) is 0 Å². The number of rotatable bonds is 2. The molecule has 1 amide bonds. The zero-order valence-electron chi connectivity index (χ0n) is 12.9. The molecular weight excluding hydrogens is 329 g/mol. The summed E-state index contributed by atoms with van der Waals surface area (Å²) in [6.07, 6.45) is 1.44. The van der Waals surface area contributed by atoms with E-state index >= 15 is 0 Å². The van der Waals surface area contributed by atoms with Crippen molar-refractivity contribution in [2.75, 3.05) is 18.9 Å². The second kappa shape index (κ2) is 6.84. The molecule has 0 fully saturated rings. The molecule has 2 N–H and O–H groups in total. The Kier molecular flexibility index (Phi) is 4.62. The van der Waals surface area contributed by atoms with Gasteiger partial charge in [-0.3, -0.25) is 9.79 Å². The van der Waals surface area contributed by atoms with Gasteiger partial charge in [0, 0.05) is 40.7 Å². The number of anilines is 1. The Hall–Kier alpha value is -2.66. The second-order valence-corrected chi connectivity index (χ2v) is 5.68.